The van der Waals surface area contributed by atoms with Crippen molar-refractivity contribution in [2.45, 2.75) is 0 Å². The van der Waals surface area contributed by atoms with Crippen LogP contribution in [-0.2, 0) is 0 Å². The van der Waals surface area contributed by atoms with Crippen LogP contribution in [0.2, 0.25) is 5.02 Å². The average molecular weight is 375 g/mol. The maximum Gasteiger partial charge on any atom is 0.337 e. The molecule has 0 saturated carbocycles. The van der Waals surface area contributed by atoms with Crippen LogP contribution in [0, 0.1) is 22.7 Å². The third-order valence-corrected chi connectivity index (χ3v) is 4.15. The molecule has 2 aromatic carbocycles. The van der Waals surface area contributed by atoms with Gasteiger partial charge in [0.2, 0.25) is 0 Å². The Bertz CT molecular complexity index is 1150. The van der Waals surface area contributed by atoms with E-state index in [-0.39, 0.29) is 10.6 Å². The molecule has 1 N–H and O–H groups in total. The molecule has 1 heterocycles. The Kier molecular flexibility index (Phi) is 5.08. The van der Waals surface area contributed by atoms with Gasteiger partial charge in [0.15, 0.2) is 0 Å². The number of carboxylic acids is 1. The predicted molar refractivity (Wildman–Crippen MR) is 101 cm³/mol. The summed E-state index contributed by atoms with van der Waals surface area (Å²) < 4.78 is 5.73. The summed E-state index contributed by atoms with van der Waals surface area (Å²) >= 11 is 5.88. The van der Waals surface area contributed by atoms with Crippen LogP contribution in [0.15, 0.2) is 59.0 Å². The summed E-state index contributed by atoms with van der Waals surface area (Å²) in [7, 11) is 0. The van der Waals surface area contributed by atoms with Gasteiger partial charge in [0.25, 0.3) is 0 Å². The van der Waals surface area contributed by atoms with E-state index in [9.17, 15) is 15.2 Å². The second-order valence-corrected chi connectivity index (χ2v) is 5.97. The molecule has 5 nitrogen and oxygen atoms in total. The first-order valence-corrected chi connectivity index (χ1v) is 8.15. The number of nitrogens with zero attached hydrogens (tertiary/aromatic N) is 2. The van der Waals surface area contributed by atoms with Crippen LogP contribution in [0.5, 0.6) is 0 Å². The van der Waals surface area contributed by atoms with Crippen molar-refractivity contribution < 1.29 is 14.3 Å². The topological polar surface area (TPSA) is 98.0 Å². The van der Waals surface area contributed by atoms with Gasteiger partial charge in [-0.25, -0.2) is 4.79 Å². The summed E-state index contributed by atoms with van der Waals surface area (Å²) in [5, 5.41) is 27.7. The van der Waals surface area contributed by atoms with Gasteiger partial charge < -0.3 is 9.52 Å². The number of carboxylic acid groups (broad SMARTS) is 1. The summed E-state index contributed by atoms with van der Waals surface area (Å²) in [6, 6.07) is 18.8. The van der Waals surface area contributed by atoms with Crippen LogP contribution in [0.4, 0.5) is 0 Å². The van der Waals surface area contributed by atoms with E-state index in [1.165, 1.54) is 12.1 Å². The number of hydrogen-bond acceptors (Lipinski definition) is 4. The maximum absolute atomic E-state index is 11.2. The zero-order valence-electron chi connectivity index (χ0n) is 13.8. The fourth-order valence-electron chi connectivity index (χ4n) is 2.51. The van der Waals surface area contributed by atoms with Gasteiger partial charge in [-0.2, -0.15) is 10.5 Å². The third-order valence-electron chi connectivity index (χ3n) is 3.82. The molecule has 0 aliphatic carbocycles. The minimum absolute atomic E-state index is 0.0197. The van der Waals surface area contributed by atoms with E-state index in [0.717, 1.165) is 0 Å². The Labute approximate surface area is 160 Å². The van der Waals surface area contributed by atoms with E-state index in [2.05, 4.69) is 6.07 Å². The van der Waals surface area contributed by atoms with Crippen molar-refractivity contribution in [2.24, 2.45) is 0 Å². The summed E-state index contributed by atoms with van der Waals surface area (Å²) in [5.41, 5.74) is 1.94. The Morgan fingerprint density at radius 1 is 1.11 bits per heavy atom. The SMILES string of the molecule is N#C/C(=C/c1ccc(-c2ccc(Cl)c(C(=O)O)c2)o1)c1cccc(C#N)c1. The first kappa shape index (κ1) is 18.0. The molecule has 3 rings (SSSR count). The fraction of sp³-hybridized carbons (Fsp3) is 0. The van der Waals surface area contributed by atoms with Gasteiger partial charge in [-0.05, 0) is 54.1 Å². The third kappa shape index (κ3) is 3.90. The molecule has 6 heteroatoms. The Balaban J connectivity index is 1.97. The summed E-state index contributed by atoms with van der Waals surface area (Å²) in [6.07, 6.45) is 1.56. The van der Waals surface area contributed by atoms with E-state index in [1.807, 2.05) is 6.07 Å². The summed E-state index contributed by atoms with van der Waals surface area (Å²) in [6.45, 7) is 0. The molecule has 1 aromatic heterocycles. The lowest BCUT2D eigenvalue weighted by atomic mass is 10.0. The highest BCUT2D eigenvalue weighted by Crippen LogP contribution is 2.28. The van der Waals surface area contributed by atoms with Crippen molar-refractivity contribution in [3.8, 4) is 23.5 Å². The Hall–Kier alpha value is -3.80. The monoisotopic (exact) mass is 374 g/mol. The first-order valence-electron chi connectivity index (χ1n) is 7.77. The molecule has 0 saturated heterocycles. The van der Waals surface area contributed by atoms with Crippen LogP contribution in [0.25, 0.3) is 23.0 Å². The number of hydrogen-bond donors (Lipinski definition) is 1. The van der Waals surface area contributed by atoms with Crippen molar-refractivity contribution in [3.05, 3.63) is 82.1 Å². The number of allylic oxidation sites excluding steroid dienone is 1. The molecule has 0 aliphatic heterocycles. The van der Waals surface area contributed by atoms with Crippen LogP contribution in [0.1, 0.15) is 27.2 Å². The number of carbonyl (C=O) groups is 1. The highest BCUT2D eigenvalue weighted by molar-refractivity contribution is 6.33. The number of aromatic carboxylic acids is 1. The van der Waals surface area contributed by atoms with E-state index in [0.29, 0.717) is 33.8 Å². The average Bonchev–Trinajstić information content (AvgIpc) is 3.15. The van der Waals surface area contributed by atoms with Crippen molar-refractivity contribution in [3.63, 3.8) is 0 Å². The lowest BCUT2D eigenvalue weighted by Crippen LogP contribution is -1.97. The largest absolute Gasteiger partial charge is 0.478 e. The highest BCUT2D eigenvalue weighted by atomic mass is 35.5. The fourth-order valence-corrected chi connectivity index (χ4v) is 2.71. The van der Waals surface area contributed by atoms with Crippen LogP contribution >= 0.6 is 11.6 Å². The van der Waals surface area contributed by atoms with Gasteiger partial charge in [0, 0.05) is 5.56 Å². The number of benzene rings is 2. The number of halogens is 1. The minimum Gasteiger partial charge on any atom is -0.478 e. The zero-order chi connectivity index (χ0) is 19.4. The lowest BCUT2D eigenvalue weighted by molar-refractivity contribution is 0.0697. The molecule has 0 fully saturated rings. The van der Waals surface area contributed by atoms with Gasteiger partial charge in [0.05, 0.1) is 33.9 Å². The van der Waals surface area contributed by atoms with Crippen molar-refractivity contribution in [2.75, 3.05) is 0 Å². The zero-order valence-corrected chi connectivity index (χ0v) is 14.6. The van der Waals surface area contributed by atoms with Crippen LogP contribution in [0.3, 0.4) is 0 Å². The van der Waals surface area contributed by atoms with Gasteiger partial charge in [0.1, 0.15) is 11.5 Å². The van der Waals surface area contributed by atoms with E-state index >= 15 is 0 Å². The van der Waals surface area contributed by atoms with Crippen molar-refractivity contribution >= 4 is 29.2 Å². The molecule has 0 unspecified atom stereocenters. The molecule has 0 amide bonds. The molecule has 3 aromatic rings. The molecule has 130 valence electrons. The van der Waals surface area contributed by atoms with E-state index in [4.69, 9.17) is 21.3 Å². The minimum atomic E-state index is -1.13. The molecule has 0 aliphatic rings. The molecule has 0 bridgehead atoms. The summed E-state index contributed by atoms with van der Waals surface area (Å²) in [4.78, 5) is 11.2. The second-order valence-electron chi connectivity index (χ2n) is 5.56. The van der Waals surface area contributed by atoms with Crippen molar-refractivity contribution in [1.29, 1.82) is 10.5 Å². The maximum atomic E-state index is 11.2. The van der Waals surface area contributed by atoms with E-state index in [1.54, 1.807) is 48.5 Å². The van der Waals surface area contributed by atoms with Gasteiger partial charge in [-0.3, -0.25) is 0 Å². The predicted octanol–water partition coefficient (Wildman–Crippen LogP) is 5.23. The molecule has 0 radical (unpaired) electrons. The molecule has 27 heavy (non-hydrogen) atoms. The standard InChI is InChI=1S/C21H11ClN2O3/c22-19-6-4-15(10-18(19)21(25)26)20-7-5-17(27-20)9-16(12-24)14-3-1-2-13(8-14)11-23/h1-10H,(H,25,26)/b16-9-. The second kappa shape index (κ2) is 7.61. The number of rotatable bonds is 4. The van der Waals surface area contributed by atoms with E-state index < -0.39 is 5.97 Å². The van der Waals surface area contributed by atoms with Crippen molar-refractivity contribution in [1.82, 2.24) is 0 Å². The molecular weight excluding hydrogens is 364 g/mol. The summed E-state index contributed by atoms with van der Waals surface area (Å²) in [5.74, 6) is -0.253. The Morgan fingerprint density at radius 2 is 1.93 bits per heavy atom. The van der Waals surface area contributed by atoms with Gasteiger partial charge >= 0.3 is 5.97 Å². The lowest BCUT2D eigenvalue weighted by Gasteiger charge is -2.02. The Morgan fingerprint density at radius 3 is 2.63 bits per heavy atom. The highest BCUT2D eigenvalue weighted by Gasteiger charge is 2.12. The normalized spacial score (nSPS) is 10.9. The van der Waals surface area contributed by atoms with Gasteiger partial charge in [-0.1, -0.05) is 23.7 Å². The van der Waals surface area contributed by atoms with Gasteiger partial charge in [-0.15, -0.1) is 0 Å². The molecular formula is C21H11ClN2O3. The molecule has 0 atom stereocenters. The molecule has 0 spiro atoms. The number of furan rings is 1. The van der Waals surface area contributed by atoms with Crippen LogP contribution in [-0.4, -0.2) is 11.1 Å². The van der Waals surface area contributed by atoms with Crippen LogP contribution < -0.4 is 0 Å². The first-order chi connectivity index (χ1) is 13.0. The quantitative estimate of drug-likeness (QED) is 0.630. The smallest absolute Gasteiger partial charge is 0.337 e. The number of nitriles is 2.